The van der Waals surface area contributed by atoms with Gasteiger partial charge in [-0.2, -0.15) is 0 Å². The Morgan fingerprint density at radius 3 is 2.73 bits per heavy atom. The van der Waals surface area contributed by atoms with E-state index in [1.807, 2.05) is 6.07 Å². The van der Waals surface area contributed by atoms with Gasteiger partial charge in [0, 0.05) is 10.7 Å². The highest BCUT2D eigenvalue weighted by Gasteiger charge is 2.00. The molecule has 0 saturated carbocycles. The Bertz CT molecular complexity index is 474. The highest BCUT2D eigenvalue weighted by atomic mass is 79.9. The summed E-state index contributed by atoms with van der Waals surface area (Å²) in [6, 6.07) is 8.35. The molecule has 15 heavy (non-hydrogen) atoms. The van der Waals surface area contributed by atoms with Crippen molar-refractivity contribution in [2.24, 2.45) is 0 Å². The van der Waals surface area contributed by atoms with Gasteiger partial charge in [0.2, 0.25) is 0 Å². The largest absolute Gasteiger partial charge is 0.352 e. The zero-order valence-corrected chi connectivity index (χ0v) is 9.33. The number of benzene rings is 1. The zero-order chi connectivity index (χ0) is 10.7. The Balaban J connectivity index is 2.26. The second-order valence-corrected chi connectivity index (χ2v) is 3.91. The quantitative estimate of drug-likeness (QED) is 0.896. The standard InChI is InChI=1S/C11H8BrFN2/c12-8-5-9(7-14-6-8)15-11-4-2-1-3-10(11)13/h1-7,15H. The molecular formula is C11H8BrFN2. The van der Waals surface area contributed by atoms with Crippen LogP contribution in [-0.4, -0.2) is 4.98 Å². The Labute approximate surface area is 95.3 Å². The molecule has 4 heteroatoms. The topological polar surface area (TPSA) is 24.9 Å². The van der Waals surface area contributed by atoms with Crippen molar-refractivity contribution in [2.45, 2.75) is 0 Å². The minimum absolute atomic E-state index is 0.280. The maximum absolute atomic E-state index is 13.3. The number of halogens is 2. The molecule has 0 saturated heterocycles. The van der Waals surface area contributed by atoms with Crippen LogP contribution in [0.15, 0.2) is 47.2 Å². The molecule has 0 amide bonds. The van der Waals surface area contributed by atoms with Gasteiger partial charge in [-0.1, -0.05) is 12.1 Å². The van der Waals surface area contributed by atoms with E-state index in [2.05, 4.69) is 26.2 Å². The fourth-order valence-electron chi connectivity index (χ4n) is 1.20. The third-order valence-corrected chi connectivity index (χ3v) is 2.29. The van der Waals surface area contributed by atoms with Gasteiger partial charge in [-0.25, -0.2) is 4.39 Å². The molecule has 0 fully saturated rings. The summed E-state index contributed by atoms with van der Waals surface area (Å²) in [5.74, 6) is -0.280. The van der Waals surface area contributed by atoms with Crippen LogP contribution in [0.5, 0.6) is 0 Å². The first-order valence-corrected chi connectivity index (χ1v) is 5.17. The van der Waals surface area contributed by atoms with E-state index in [4.69, 9.17) is 0 Å². The number of rotatable bonds is 2. The van der Waals surface area contributed by atoms with Crippen molar-refractivity contribution in [2.75, 3.05) is 5.32 Å². The molecule has 1 N–H and O–H groups in total. The predicted molar refractivity (Wildman–Crippen MR) is 61.6 cm³/mol. The fraction of sp³-hybridized carbons (Fsp3) is 0. The van der Waals surface area contributed by atoms with Gasteiger partial charge in [0.05, 0.1) is 17.6 Å². The van der Waals surface area contributed by atoms with Crippen LogP contribution in [0.25, 0.3) is 0 Å². The van der Waals surface area contributed by atoms with E-state index in [0.29, 0.717) is 5.69 Å². The van der Waals surface area contributed by atoms with Gasteiger partial charge in [0.15, 0.2) is 0 Å². The SMILES string of the molecule is Fc1ccccc1Nc1cncc(Br)c1. The fourth-order valence-corrected chi connectivity index (χ4v) is 1.56. The lowest BCUT2D eigenvalue weighted by Crippen LogP contribution is -1.93. The van der Waals surface area contributed by atoms with Crippen molar-refractivity contribution in [3.05, 3.63) is 53.0 Å². The summed E-state index contributed by atoms with van der Waals surface area (Å²) in [5.41, 5.74) is 1.19. The molecule has 0 aliphatic carbocycles. The van der Waals surface area contributed by atoms with Gasteiger partial charge >= 0.3 is 0 Å². The van der Waals surface area contributed by atoms with Crippen LogP contribution in [-0.2, 0) is 0 Å². The average Bonchev–Trinajstić information content (AvgIpc) is 2.22. The van der Waals surface area contributed by atoms with Crippen molar-refractivity contribution in [3.63, 3.8) is 0 Å². The molecule has 2 rings (SSSR count). The van der Waals surface area contributed by atoms with E-state index < -0.39 is 0 Å². The van der Waals surface area contributed by atoms with Gasteiger partial charge in [0.25, 0.3) is 0 Å². The Morgan fingerprint density at radius 2 is 2.00 bits per heavy atom. The number of aromatic nitrogens is 1. The molecule has 0 spiro atoms. The summed E-state index contributed by atoms with van der Waals surface area (Å²) in [6.07, 6.45) is 3.31. The minimum Gasteiger partial charge on any atom is -0.352 e. The van der Waals surface area contributed by atoms with Crippen molar-refractivity contribution in [1.82, 2.24) is 4.98 Å². The van der Waals surface area contributed by atoms with Crippen molar-refractivity contribution in [3.8, 4) is 0 Å². The minimum atomic E-state index is -0.280. The van der Waals surface area contributed by atoms with Crippen LogP contribution in [0.2, 0.25) is 0 Å². The van der Waals surface area contributed by atoms with Crippen LogP contribution >= 0.6 is 15.9 Å². The molecule has 76 valence electrons. The molecule has 0 aliphatic heterocycles. The summed E-state index contributed by atoms with van der Waals surface area (Å²) < 4.78 is 14.1. The van der Waals surface area contributed by atoms with Gasteiger partial charge in [-0.15, -0.1) is 0 Å². The summed E-state index contributed by atoms with van der Waals surface area (Å²) in [5, 5.41) is 2.95. The molecule has 1 heterocycles. The van der Waals surface area contributed by atoms with E-state index in [-0.39, 0.29) is 5.82 Å². The Kier molecular flexibility index (Phi) is 2.97. The monoisotopic (exact) mass is 266 g/mol. The highest BCUT2D eigenvalue weighted by molar-refractivity contribution is 9.10. The van der Waals surface area contributed by atoms with Crippen molar-refractivity contribution in [1.29, 1.82) is 0 Å². The van der Waals surface area contributed by atoms with E-state index in [1.54, 1.807) is 30.6 Å². The van der Waals surface area contributed by atoms with Crippen LogP contribution in [0.1, 0.15) is 0 Å². The first kappa shape index (κ1) is 10.1. The first-order chi connectivity index (χ1) is 7.25. The molecule has 2 nitrogen and oxygen atoms in total. The van der Waals surface area contributed by atoms with Crippen molar-refractivity contribution < 1.29 is 4.39 Å². The highest BCUT2D eigenvalue weighted by Crippen LogP contribution is 2.20. The summed E-state index contributed by atoms with van der Waals surface area (Å²) in [7, 11) is 0. The molecule has 2 aromatic rings. The van der Waals surface area contributed by atoms with Crippen LogP contribution in [0.4, 0.5) is 15.8 Å². The van der Waals surface area contributed by atoms with E-state index in [1.165, 1.54) is 6.07 Å². The normalized spacial score (nSPS) is 10.0. The number of nitrogens with one attached hydrogen (secondary N) is 1. The number of hydrogen-bond acceptors (Lipinski definition) is 2. The number of anilines is 2. The number of hydrogen-bond donors (Lipinski definition) is 1. The second-order valence-electron chi connectivity index (χ2n) is 3.00. The van der Waals surface area contributed by atoms with E-state index in [0.717, 1.165) is 10.2 Å². The molecule has 1 aromatic heterocycles. The van der Waals surface area contributed by atoms with E-state index >= 15 is 0 Å². The molecule has 0 atom stereocenters. The lowest BCUT2D eigenvalue weighted by Gasteiger charge is -2.06. The smallest absolute Gasteiger partial charge is 0.146 e. The number of nitrogens with zero attached hydrogens (tertiary/aromatic N) is 1. The maximum atomic E-state index is 13.3. The Morgan fingerprint density at radius 1 is 1.20 bits per heavy atom. The number of pyridine rings is 1. The molecule has 0 bridgehead atoms. The number of para-hydroxylation sites is 1. The molecule has 1 aromatic carbocycles. The van der Waals surface area contributed by atoms with Gasteiger partial charge in [0.1, 0.15) is 5.82 Å². The summed E-state index contributed by atoms with van der Waals surface area (Å²) in [6.45, 7) is 0. The van der Waals surface area contributed by atoms with Gasteiger partial charge in [-0.3, -0.25) is 4.98 Å². The third-order valence-electron chi connectivity index (χ3n) is 1.86. The summed E-state index contributed by atoms with van der Waals surface area (Å²) in [4.78, 5) is 3.98. The molecule has 0 aliphatic rings. The lowest BCUT2D eigenvalue weighted by atomic mass is 10.3. The molecule has 0 radical (unpaired) electrons. The van der Waals surface area contributed by atoms with Gasteiger partial charge < -0.3 is 5.32 Å². The molecule has 0 unspecified atom stereocenters. The van der Waals surface area contributed by atoms with Crippen LogP contribution in [0.3, 0.4) is 0 Å². The van der Waals surface area contributed by atoms with Crippen molar-refractivity contribution >= 4 is 27.3 Å². The Hall–Kier alpha value is -1.42. The average molecular weight is 267 g/mol. The first-order valence-electron chi connectivity index (χ1n) is 4.38. The maximum Gasteiger partial charge on any atom is 0.146 e. The molecular weight excluding hydrogens is 259 g/mol. The lowest BCUT2D eigenvalue weighted by molar-refractivity contribution is 0.632. The van der Waals surface area contributed by atoms with E-state index in [9.17, 15) is 4.39 Å². The second kappa shape index (κ2) is 4.40. The van der Waals surface area contributed by atoms with Gasteiger partial charge in [-0.05, 0) is 34.1 Å². The van der Waals surface area contributed by atoms with Crippen LogP contribution < -0.4 is 5.32 Å². The summed E-state index contributed by atoms with van der Waals surface area (Å²) >= 11 is 3.30. The third kappa shape index (κ3) is 2.53. The van der Waals surface area contributed by atoms with Crippen LogP contribution in [0, 0.1) is 5.82 Å². The predicted octanol–water partition coefficient (Wildman–Crippen LogP) is 3.73. The zero-order valence-electron chi connectivity index (χ0n) is 7.74.